The number of aliphatic imine (C=N–C) groups is 3. The molecule has 0 radical (unpaired) electrons. The molecule has 2 rings (SSSR count). The summed E-state index contributed by atoms with van der Waals surface area (Å²) >= 11 is 0. The van der Waals surface area contributed by atoms with E-state index in [4.69, 9.17) is 0 Å². The average Bonchev–Trinajstić information content (AvgIpc) is 2.89. The number of alkyl halides is 3. The molecule has 2 aromatic rings. The Morgan fingerprint density at radius 2 is 1.70 bits per heavy atom. The van der Waals surface area contributed by atoms with Gasteiger partial charge in [0.25, 0.3) is 0 Å². The Labute approximate surface area is 217 Å². The quantitative estimate of drug-likeness (QED) is 0.142. The zero-order valence-corrected chi connectivity index (χ0v) is 22.0. The van der Waals surface area contributed by atoms with Crippen LogP contribution in [0.15, 0.2) is 64.0 Å². The van der Waals surface area contributed by atoms with Crippen molar-refractivity contribution >= 4 is 41.5 Å². The Morgan fingerprint density at radius 3 is 2.22 bits per heavy atom. The molecule has 0 unspecified atom stereocenters. The standard InChI is InChI=1S/C13H17F3N4.C10H11FN2.C2H6.C2H2/c1-4-18-10-5-6-11(19-8-17-3)12(7-10)20-9(2)13(14,15)16;1-8(13-7-12-2)9-5-3-4-6-10(9)11;2*1-2/h5-7,18-19H,3-4,8H2,1-2H3;3-7H,1H2,2H3,(H,12,13);1-2H3;1-2H. The lowest BCUT2D eigenvalue weighted by atomic mass is 10.1. The van der Waals surface area contributed by atoms with Crippen molar-refractivity contribution < 1.29 is 17.6 Å². The van der Waals surface area contributed by atoms with Gasteiger partial charge in [-0.1, -0.05) is 32.6 Å². The maximum atomic E-state index is 13.1. The molecule has 0 aliphatic heterocycles. The summed E-state index contributed by atoms with van der Waals surface area (Å²) in [4.78, 5) is 11.0. The number of terminal acetylenes is 1. The SMILES string of the molecule is C#C.C=C(NC=NC)c1ccccc1F.C=NCNc1ccc(NCC)cc1N=C(C)C(F)(F)F.CC. The summed E-state index contributed by atoms with van der Waals surface area (Å²) in [7, 11) is 1.63. The van der Waals surface area contributed by atoms with Gasteiger partial charge in [-0.05, 0) is 50.9 Å². The molecule has 0 bridgehead atoms. The Hall–Kier alpha value is -4.13. The lowest BCUT2D eigenvalue weighted by Crippen LogP contribution is -2.19. The molecule has 0 aliphatic rings. The highest BCUT2D eigenvalue weighted by molar-refractivity contribution is 5.91. The molecule has 3 N–H and O–H groups in total. The predicted octanol–water partition coefficient (Wildman–Crippen LogP) is 7.16. The number of hydrogen-bond donors (Lipinski definition) is 3. The van der Waals surface area contributed by atoms with Gasteiger partial charge >= 0.3 is 6.18 Å². The molecule has 0 fully saturated rings. The fourth-order valence-corrected chi connectivity index (χ4v) is 2.40. The van der Waals surface area contributed by atoms with Crippen molar-refractivity contribution in [3.8, 4) is 12.8 Å². The number of halogens is 4. The summed E-state index contributed by atoms with van der Waals surface area (Å²) in [6.07, 6.45) is 5.02. The van der Waals surface area contributed by atoms with E-state index in [9.17, 15) is 17.6 Å². The van der Waals surface area contributed by atoms with Gasteiger partial charge in [0.05, 0.1) is 17.7 Å². The van der Waals surface area contributed by atoms with Crippen molar-refractivity contribution in [3.05, 3.63) is 60.4 Å². The second-order valence-electron chi connectivity index (χ2n) is 6.51. The average molecular weight is 521 g/mol. The molecule has 202 valence electrons. The van der Waals surface area contributed by atoms with Crippen LogP contribution >= 0.6 is 0 Å². The van der Waals surface area contributed by atoms with Crippen LogP contribution < -0.4 is 16.0 Å². The Balaban J connectivity index is 0. The van der Waals surface area contributed by atoms with Crippen molar-refractivity contribution in [2.75, 3.05) is 30.9 Å². The van der Waals surface area contributed by atoms with Crippen LogP contribution in [0.4, 0.5) is 34.6 Å². The molecule has 0 spiro atoms. The van der Waals surface area contributed by atoms with Crippen LogP contribution in [0.3, 0.4) is 0 Å². The molecule has 0 amide bonds. The second kappa shape index (κ2) is 20.1. The molecule has 0 aromatic heterocycles. The lowest BCUT2D eigenvalue weighted by molar-refractivity contribution is -0.0591. The number of hydrogen-bond acceptors (Lipinski definition) is 5. The summed E-state index contributed by atoms with van der Waals surface area (Å²) in [5, 5.41) is 8.65. The van der Waals surface area contributed by atoms with E-state index < -0.39 is 11.9 Å². The molecular formula is C27H36F4N6. The van der Waals surface area contributed by atoms with E-state index >= 15 is 0 Å². The molecule has 0 saturated carbocycles. The van der Waals surface area contributed by atoms with Crippen LogP contribution in [-0.4, -0.2) is 45.2 Å². The van der Waals surface area contributed by atoms with Gasteiger partial charge in [0.15, 0.2) is 0 Å². The molecule has 0 heterocycles. The third-order valence-corrected chi connectivity index (χ3v) is 4.03. The van der Waals surface area contributed by atoms with Gasteiger partial charge in [-0.25, -0.2) is 9.38 Å². The molecular weight excluding hydrogens is 484 g/mol. The zero-order valence-electron chi connectivity index (χ0n) is 22.0. The summed E-state index contributed by atoms with van der Waals surface area (Å²) in [5.41, 5.74) is 1.45. The number of rotatable bonds is 9. The van der Waals surface area contributed by atoms with Crippen LogP contribution in [0.5, 0.6) is 0 Å². The first-order valence-electron chi connectivity index (χ1n) is 11.2. The maximum absolute atomic E-state index is 13.1. The minimum absolute atomic E-state index is 0.203. The fourth-order valence-electron chi connectivity index (χ4n) is 2.40. The Kier molecular flexibility index (Phi) is 19.0. The molecule has 37 heavy (non-hydrogen) atoms. The highest BCUT2D eigenvalue weighted by atomic mass is 19.4. The topological polar surface area (TPSA) is 73.2 Å². The molecule has 6 nitrogen and oxygen atoms in total. The molecule has 10 heteroatoms. The van der Waals surface area contributed by atoms with Gasteiger partial charge in [0.1, 0.15) is 18.2 Å². The third kappa shape index (κ3) is 14.1. The minimum atomic E-state index is -4.44. The Bertz CT molecular complexity index is 1030. The monoisotopic (exact) mass is 520 g/mol. The largest absolute Gasteiger partial charge is 0.429 e. The van der Waals surface area contributed by atoms with Crippen LogP contribution in [-0.2, 0) is 0 Å². The van der Waals surface area contributed by atoms with Crippen LogP contribution in [0, 0.1) is 18.7 Å². The lowest BCUT2D eigenvalue weighted by Gasteiger charge is -2.12. The van der Waals surface area contributed by atoms with Gasteiger partial charge in [-0.3, -0.25) is 9.98 Å². The van der Waals surface area contributed by atoms with Crippen molar-refractivity contribution in [2.45, 2.75) is 33.9 Å². The van der Waals surface area contributed by atoms with Crippen LogP contribution in [0.1, 0.15) is 33.3 Å². The summed E-state index contributed by atoms with van der Waals surface area (Å²) in [6.45, 7) is 14.7. The summed E-state index contributed by atoms with van der Waals surface area (Å²) in [6, 6.07) is 11.4. The minimum Gasteiger partial charge on any atom is -0.385 e. The number of benzene rings is 2. The van der Waals surface area contributed by atoms with E-state index in [1.807, 2.05) is 20.8 Å². The van der Waals surface area contributed by atoms with Gasteiger partial charge in [0, 0.05) is 30.5 Å². The zero-order chi connectivity index (χ0) is 28.9. The van der Waals surface area contributed by atoms with Crippen molar-refractivity contribution in [1.82, 2.24) is 5.32 Å². The molecule has 2 aromatic carbocycles. The van der Waals surface area contributed by atoms with E-state index in [-0.39, 0.29) is 18.2 Å². The second-order valence-corrected chi connectivity index (χ2v) is 6.51. The number of nitrogens with one attached hydrogen (secondary N) is 3. The van der Waals surface area contributed by atoms with Crippen molar-refractivity contribution in [1.29, 1.82) is 0 Å². The third-order valence-electron chi connectivity index (χ3n) is 4.03. The first kappa shape index (κ1) is 35.0. The summed E-state index contributed by atoms with van der Waals surface area (Å²) < 4.78 is 50.8. The fraction of sp³-hybridized carbons (Fsp3) is 0.296. The van der Waals surface area contributed by atoms with Crippen LogP contribution in [0.2, 0.25) is 0 Å². The highest BCUT2D eigenvalue weighted by Gasteiger charge is 2.32. The maximum Gasteiger partial charge on any atom is 0.429 e. The van der Waals surface area contributed by atoms with Gasteiger partial charge in [0.2, 0.25) is 0 Å². The van der Waals surface area contributed by atoms with Gasteiger partial charge in [-0.15, -0.1) is 12.8 Å². The molecule has 0 saturated heterocycles. The highest BCUT2D eigenvalue weighted by Crippen LogP contribution is 2.31. The molecule has 0 aliphatic carbocycles. The number of anilines is 2. The normalized spacial score (nSPS) is 10.4. The first-order chi connectivity index (χ1) is 17.6. The van der Waals surface area contributed by atoms with E-state index in [0.29, 0.717) is 29.2 Å². The van der Waals surface area contributed by atoms with Crippen molar-refractivity contribution in [2.24, 2.45) is 15.0 Å². The predicted molar refractivity (Wildman–Crippen MR) is 152 cm³/mol. The van der Waals surface area contributed by atoms with Gasteiger partial charge in [-0.2, -0.15) is 13.2 Å². The molecule has 0 atom stereocenters. The first-order valence-corrected chi connectivity index (χ1v) is 11.2. The summed E-state index contributed by atoms with van der Waals surface area (Å²) in [5.74, 6) is -0.287. The Morgan fingerprint density at radius 1 is 1.08 bits per heavy atom. The van der Waals surface area contributed by atoms with E-state index in [2.05, 4.69) is 57.1 Å². The number of nitrogens with zero attached hydrogens (tertiary/aromatic N) is 3. The van der Waals surface area contributed by atoms with Gasteiger partial charge < -0.3 is 16.0 Å². The van der Waals surface area contributed by atoms with E-state index in [1.165, 1.54) is 12.4 Å². The van der Waals surface area contributed by atoms with Crippen LogP contribution in [0.25, 0.3) is 5.70 Å². The van der Waals surface area contributed by atoms with E-state index in [1.54, 1.807) is 43.4 Å². The van der Waals surface area contributed by atoms with Crippen molar-refractivity contribution in [3.63, 3.8) is 0 Å². The smallest absolute Gasteiger partial charge is 0.385 e. The van der Waals surface area contributed by atoms with E-state index in [0.717, 1.165) is 6.92 Å².